The van der Waals surface area contributed by atoms with Crippen molar-refractivity contribution in [1.82, 2.24) is 0 Å². The van der Waals surface area contributed by atoms with Crippen LogP contribution in [0.25, 0.3) is 0 Å². The number of hydrogen-bond acceptors (Lipinski definition) is 4. The third kappa shape index (κ3) is 1.69. The first-order valence-corrected chi connectivity index (χ1v) is 7.17. The molecule has 0 N–H and O–H groups in total. The zero-order valence-electron chi connectivity index (χ0n) is 11.5. The van der Waals surface area contributed by atoms with Gasteiger partial charge in [-0.2, -0.15) is 0 Å². The van der Waals surface area contributed by atoms with Crippen LogP contribution in [0.15, 0.2) is 12.2 Å². The minimum Gasteiger partial charge on any atom is -0.458 e. The molecule has 0 spiro atoms. The van der Waals surface area contributed by atoms with Gasteiger partial charge in [0.25, 0.3) is 0 Å². The van der Waals surface area contributed by atoms with Crippen molar-refractivity contribution in [3.8, 4) is 0 Å². The molecule has 4 heteroatoms. The van der Waals surface area contributed by atoms with E-state index in [-0.39, 0.29) is 35.3 Å². The maximum absolute atomic E-state index is 11.8. The predicted molar refractivity (Wildman–Crippen MR) is 67.5 cm³/mol. The van der Waals surface area contributed by atoms with E-state index < -0.39 is 0 Å². The number of hydrogen-bond donors (Lipinski definition) is 0. The third-order valence-corrected chi connectivity index (χ3v) is 5.47. The summed E-state index contributed by atoms with van der Waals surface area (Å²) in [4.78, 5) is 11.8. The molecule has 6 atom stereocenters. The summed E-state index contributed by atoms with van der Waals surface area (Å²) in [7, 11) is 0. The van der Waals surface area contributed by atoms with Gasteiger partial charge in [-0.15, -0.1) is 0 Å². The lowest BCUT2D eigenvalue weighted by Gasteiger charge is -2.21. The van der Waals surface area contributed by atoms with Crippen LogP contribution in [0.4, 0.5) is 0 Å². The molecule has 0 unspecified atom stereocenters. The minimum atomic E-state index is -0.239. The second-order valence-corrected chi connectivity index (χ2v) is 6.89. The van der Waals surface area contributed by atoms with E-state index in [2.05, 4.69) is 20.4 Å². The summed E-state index contributed by atoms with van der Waals surface area (Å²) < 4.78 is 17.2. The second-order valence-electron chi connectivity index (χ2n) is 6.89. The van der Waals surface area contributed by atoms with Gasteiger partial charge in [0.15, 0.2) is 0 Å². The standard InChI is InChI=1S/C15H20O4/c1-8-9-6-12-14(2,19-12)5-4-11-15(3,18-11)7-10(9)17-13(8)16/h9-12H,1,4-7H2,2-3H3/t9-,10+,11-,12-,14-,15+/m1/s1. The van der Waals surface area contributed by atoms with E-state index in [0.717, 1.165) is 25.7 Å². The number of epoxide rings is 2. The first-order valence-electron chi connectivity index (χ1n) is 7.17. The van der Waals surface area contributed by atoms with Gasteiger partial charge in [-0.3, -0.25) is 0 Å². The fraction of sp³-hybridized carbons (Fsp3) is 0.800. The van der Waals surface area contributed by atoms with E-state index in [0.29, 0.717) is 11.7 Å². The quantitative estimate of drug-likeness (QED) is 0.381. The van der Waals surface area contributed by atoms with E-state index in [4.69, 9.17) is 14.2 Å². The van der Waals surface area contributed by atoms with E-state index in [1.807, 2.05) is 0 Å². The van der Waals surface area contributed by atoms with Crippen LogP contribution in [0.5, 0.6) is 0 Å². The summed E-state index contributed by atoms with van der Waals surface area (Å²) in [5.41, 5.74) is 0.469. The third-order valence-electron chi connectivity index (χ3n) is 5.47. The van der Waals surface area contributed by atoms with Gasteiger partial charge in [-0.05, 0) is 33.1 Å². The summed E-state index contributed by atoms with van der Waals surface area (Å²) >= 11 is 0. The van der Waals surface area contributed by atoms with Gasteiger partial charge < -0.3 is 14.2 Å². The molecule has 0 amide bonds. The molecule has 0 aromatic rings. The van der Waals surface area contributed by atoms with Crippen molar-refractivity contribution in [2.75, 3.05) is 0 Å². The molecule has 4 rings (SSSR count). The molecule has 4 aliphatic rings. The second kappa shape index (κ2) is 3.41. The SMILES string of the molecule is C=C1C(=O)O[C@H]2C[C@]3(C)O[C@@H]3CC[C@@]3(C)O[C@@H]3C[C@H]12. The molecule has 0 radical (unpaired) electrons. The fourth-order valence-electron chi connectivity index (χ4n) is 3.84. The molecule has 3 saturated heterocycles. The Bertz CT molecular complexity index is 473. The van der Waals surface area contributed by atoms with E-state index in [1.165, 1.54) is 0 Å². The van der Waals surface area contributed by atoms with Crippen LogP contribution in [-0.4, -0.2) is 35.5 Å². The number of esters is 1. The molecule has 104 valence electrons. The molecule has 3 heterocycles. The summed E-state index contributed by atoms with van der Waals surface area (Å²) in [5, 5.41) is 0. The zero-order chi connectivity index (χ0) is 13.4. The Kier molecular flexibility index (Phi) is 2.14. The van der Waals surface area contributed by atoms with Crippen molar-refractivity contribution in [2.45, 2.75) is 69.0 Å². The number of carbonyl (C=O) groups excluding carboxylic acids is 1. The Morgan fingerprint density at radius 1 is 1.21 bits per heavy atom. The Labute approximate surface area is 113 Å². The molecule has 3 aliphatic heterocycles. The molecule has 0 aromatic carbocycles. The predicted octanol–water partition coefficient (Wildman–Crippen LogP) is 1.97. The van der Waals surface area contributed by atoms with Crippen molar-refractivity contribution in [3.05, 3.63) is 12.2 Å². The number of fused-ring (bicyclic) bond motifs is 3. The van der Waals surface area contributed by atoms with E-state index in [9.17, 15) is 4.79 Å². The number of ether oxygens (including phenoxy) is 3. The highest BCUT2D eigenvalue weighted by Crippen LogP contribution is 2.53. The van der Waals surface area contributed by atoms with Crippen LogP contribution in [0.1, 0.15) is 39.5 Å². The molecule has 0 bridgehead atoms. The van der Waals surface area contributed by atoms with E-state index >= 15 is 0 Å². The smallest absolute Gasteiger partial charge is 0.334 e. The van der Waals surface area contributed by atoms with Gasteiger partial charge in [-0.1, -0.05) is 6.58 Å². The van der Waals surface area contributed by atoms with Gasteiger partial charge in [0.1, 0.15) is 6.10 Å². The average Bonchev–Trinajstić information content (AvgIpc) is 3.15. The lowest BCUT2D eigenvalue weighted by atomic mass is 9.81. The van der Waals surface area contributed by atoms with Crippen molar-refractivity contribution in [2.24, 2.45) is 5.92 Å². The molecular weight excluding hydrogens is 244 g/mol. The maximum Gasteiger partial charge on any atom is 0.334 e. The van der Waals surface area contributed by atoms with Crippen molar-refractivity contribution in [3.63, 3.8) is 0 Å². The monoisotopic (exact) mass is 264 g/mol. The molecule has 1 saturated carbocycles. The normalized spacial score (nSPS) is 55.7. The van der Waals surface area contributed by atoms with Crippen LogP contribution >= 0.6 is 0 Å². The van der Waals surface area contributed by atoms with E-state index in [1.54, 1.807) is 0 Å². The highest BCUT2D eigenvalue weighted by atomic mass is 16.6. The Hall–Kier alpha value is -0.870. The Balaban J connectivity index is 1.62. The van der Waals surface area contributed by atoms with Crippen molar-refractivity contribution in [1.29, 1.82) is 0 Å². The van der Waals surface area contributed by atoms with Crippen LogP contribution in [0.2, 0.25) is 0 Å². The van der Waals surface area contributed by atoms with Crippen LogP contribution in [-0.2, 0) is 19.0 Å². The number of carbonyl (C=O) groups is 1. The molecule has 1 aliphatic carbocycles. The molecule has 0 aromatic heterocycles. The first-order chi connectivity index (χ1) is 8.91. The van der Waals surface area contributed by atoms with Gasteiger partial charge in [0, 0.05) is 17.9 Å². The summed E-state index contributed by atoms with van der Waals surface area (Å²) in [6.45, 7) is 8.20. The molecule has 19 heavy (non-hydrogen) atoms. The van der Waals surface area contributed by atoms with Gasteiger partial charge in [0.05, 0.1) is 23.4 Å². The lowest BCUT2D eigenvalue weighted by Crippen LogP contribution is -2.28. The Morgan fingerprint density at radius 2 is 1.95 bits per heavy atom. The van der Waals surface area contributed by atoms with Gasteiger partial charge in [0.2, 0.25) is 0 Å². The topological polar surface area (TPSA) is 51.4 Å². The lowest BCUT2D eigenvalue weighted by molar-refractivity contribution is -0.139. The summed E-state index contributed by atoms with van der Waals surface area (Å²) in [6, 6.07) is 0. The highest BCUT2D eigenvalue weighted by molar-refractivity contribution is 5.90. The van der Waals surface area contributed by atoms with Crippen LogP contribution in [0, 0.1) is 5.92 Å². The Morgan fingerprint density at radius 3 is 2.74 bits per heavy atom. The van der Waals surface area contributed by atoms with Crippen molar-refractivity contribution < 1.29 is 19.0 Å². The fourth-order valence-corrected chi connectivity index (χ4v) is 3.84. The van der Waals surface area contributed by atoms with Crippen molar-refractivity contribution >= 4 is 5.97 Å². The molecule has 4 fully saturated rings. The maximum atomic E-state index is 11.8. The molecular formula is C15H20O4. The highest BCUT2D eigenvalue weighted by Gasteiger charge is 2.61. The largest absolute Gasteiger partial charge is 0.458 e. The van der Waals surface area contributed by atoms with Gasteiger partial charge >= 0.3 is 5.97 Å². The van der Waals surface area contributed by atoms with Gasteiger partial charge in [-0.25, -0.2) is 4.79 Å². The summed E-state index contributed by atoms with van der Waals surface area (Å²) in [5.74, 6) is -0.142. The average molecular weight is 264 g/mol. The van der Waals surface area contributed by atoms with Crippen LogP contribution in [0.3, 0.4) is 0 Å². The summed E-state index contributed by atoms with van der Waals surface area (Å²) in [6.07, 6.45) is 4.17. The first kappa shape index (κ1) is 11.9. The number of rotatable bonds is 0. The zero-order valence-corrected chi connectivity index (χ0v) is 11.5. The molecule has 4 nitrogen and oxygen atoms in total. The minimum absolute atomic E-state index is 0.0271. The van der Waals surface area contributed by atoms with Crippen LogP contribution < -0.4 is 0 Å².